The average molecular weight is 476 g/mol. The fraction of sp³-hybridized carbons (Fsp3) is 0.583. The van der Waals surface area contributed by atoms with Crippen molar-refractivity contribution in [2.24, 2.45) is 5.92 Å². The van der Waals surface area contributed by atoms with E-state index in [9.17, 15) is 9.00 Å². The van der Waals surface area contributed by atoms with Crippen LogP contribution in [0.2, 0.25) is 0 Å². The van der Waals surface area contributed by atoms with Crippen LogP contribution in [0.3, 0.4) is 0 Å². The van der Waals surface area contributed by atoms with Crippen molar-refractivity contribution in [3.8, 4) is 16.2 Å². The van der Waals surface area contributed by atoms with Gasteiger partial charge in [0.2, 0.25) is 5.91 Å². The predicted octanol–water partition coefficient (Wildman–Crippen LogP) is 5.59. The van der Waals surface area contributed by atoms with Crippen LogP contribution in [-0.2, 0) is 15.8 Å². The maximum atomic E-state index is 13.1. The van der Waals surface area contributed by atoms with Crippen molar-refractivity contribution in [2.75, 3.05) is 12.4 Å². The monoisotopic (exact) mass is 475 g/mol. The zero-order valence-electron chi connectivity index (χ0n) is 18.9. The zero-order valence-corrected chi connectivity index (χ0v) is 20.6. The summed E-state index contributed by atoms with van der Waals surface area (Å²) in [6.07, 6.45) is 11.1. The molecule has 1 heterocycles. The summed E-state index contributed by atoms with van der Waals surface area (Å²) in [7, 11) is 0.254. The van der Waals surface area contributed by atoms with E-state index in [2.05, 4.69) is 15.0 Å². The number of nitrogens with zero attached hydrogens (tertiary/aromatic N) is 1. The van der Waals surface area contributed by atoms with E-state index >= 15 is 0 Å². The van der Waals surface area contributed by atoms with E-state index in [-0.39, 0.29) is 11.9 Å². The smallest absolute Gasteiger partial charge is 0.226 e. The minimum absolute atomic E-state index is 0.0467. The second-order valence-electron chi connectivity index (χ2n) is 8.92. The Hall–Kier alpha value is -1.77. The number of thiazole rings is 1. The van der Waals surface area contributed by atoms with Gasteiger partial charge < -0.3 is 10.1 Å². The Morgan fingerprint density at radius 2 is 1.88 bits per heavy atom. The number of methoxy groups -OCH3 is 1. The molecular weight excluding hydrogens is 442 g/mol. The lowest BCUT2D eigenvalue weighted by molar-refractivity contribution is -0.117. The van der Waals surface area contributed by atoms with Gasteiger partial charge in [-0.15, -0.1) is 0 Å². The molecule has 0 bridgehead atoms. The highest BCUT2D eigenvalue weighted by Gasteiger charge is 2.22. The first-order valence-corrected chi connectivity index (χ1v) is 13.6. The highest BCUT2D eigenvalue weighted by molar-refractivity contribution is 7.83. The highest BCUT2D eigenvalue weighted by atomic mass is 32.2. The average Bonchev–Trinajstić information content (AvgIpc) is 3.43. The molecule has 0 spiro atoms. The molecule has 2 saturated carbocycles. The van der Waals surface area contributed by atoms with Gasteiger partial charge in [-0.2, -0.15) is 0 Å². The molecule has 1 atom stereocenters. The number of aromatic nitrogens is 1. The molecule has 2 aliphatic rings. The third-order valence-corrected chi connectivity index (χ3v) is 8.88. The van der Waals surface area contributed by atoms with Crippen LogP contribution in [0.25, 0.3) is 10.4 Å². The highest BCUT2D eigenvalue weighted by Crippen LogP contribution is 2.36. The number of aryl methyl sites for hydroxylation is 1. The molecule has 2 fully saturated rings. The summed E-state index contributed by atoms with van der Waals surface area (Å²) in [5.74, 6) is 1.17. The maximum absolute atomic E-state index is 13.1. The molecule has 2 aromatic rings. The van der Waals surface area contributed by atoms with E-state index in [1.165, 1.54) is 43.4 Å². The van der Waals surface area contributed by atoms with Crippen molar-refractivity contribution in [3.63, 3.8) is 0 Å². The largest absolute Gasteiger partial charge is 0.495 e. The lowest BCUT2D eigenvalue weighted by atomic mass is 9.96. The van der Waals surface area contributed by atoms with E-state index in [1.807, 2.05) is 25.1 Å². The second-order valence-corrected chi connectivity index (χ2v) is 11.1. The van der Waals surface area contributed by atoms with Crippen molar-refractivity contribution in [1.82, 2.24) is 9.71 Å². The normalized spacial score (nSPS) is 18.6. The van der Waals surface area contributed by atoms with Crippen molar-refractivity contribution in [2.45, 2.75) is 82.1 Å². The summed E-state index contributed by atoms with van der Waals surface area (Å²) in [6.45, 7) is 1.94. The number of hydrogen-bond acceptors (Lipinski definition) is 5. The van der Waals surface area contributed by atoms with Gasteiger partial charge in [0.1, 0.15) is 16.7 Å². The molecule has 174 valence electrons. The van der Waals surface area contributed by atoms with Crippen LogP contribution in [0.1, 0.15) is 69.9 Å². The lowest BCUT2D eigenvalue weighted by Gasteiger charge is -2.22. The Bertz CT molecular complexity index is 963. The molecular formula is C24H33N3O3S2. The number of rotatable bonds is 8. The molecule has 2 N–H and O–H groups in total. The van der Waals surface area contributed by atoms with E-state index in [0.717, 1.165) is 41.8 Å². The van der Waals surface area contributed by atoms with E-state index in [4.69, 9.17) is 4.74 Å². The molecule has 1 unspecified atom stereocenters. The molecule has 32 heavy (non-hydrogen) atoms. The summed E-state index contributed by atoms with van der Waals surface area (Å²) >= 11 is 1.47. The number of benzene rings is 1. The molecule has 2 aliphatic carbocycles. The number of nitrogens with one attached hydrogen (secondary N) is 2. The number of carbonyl (C=O) groups excluding carboxylic acids is 1. The molecule has 1 aromatic carbocycles. The number of carbonyl (C=O) groups is 1. The van der Waals surface area contributed by atoms with Crippen LogP contribution in [-0.4, -0.2) is 28.3 Å². The molecule has 4 rings (SSSR count). The Labute approximate surface area is 197 Å². The van der Waals surface area contributed by atoms with E-state index in [0.29, 0.717) is 28.1 Å². The SMILES string of the molecule is COc1ccc(-c2sc(NC(=O)CC3CCCC3)nc2C)cc1S(=O)NC1CCCCC1. The Kier molecular flexibility index (Phi) is 7.97. The van der Waals surface area contributed by atoms with Gasteiger partial charge in [-0.3, -0.25) is 4.79 Å². The van der Waals surface area contributed by atoms with Gasteiger partial charge in [-0.05, 0) is 62.3 Å². The van der Waals surface area contributed by atoms with Crippen LogP contribution < -0.4 is 14.8 Å². The fourth-order valence-electron chi connectivity index (χ4n) is 4.76. The maximum Gasteiger partial charge on any atom is 0.226 e. The van der Waals surface area contributed by atoms with Crippen molar-refractivity contribution >= 4 is 33.4 Å². The fourth-order valence-corrected chi connectivity index (χ4v) is 6.98. The van der Waals surface area contributed by atoms with Crippen molar-refractivity contribution in [3.05, 3.63) is 23.9 Å². The van der Waals surface area contributed by atoms with Gasteiger partial charge in [-0.1, -0.05) is 43.4 Å². The summed E-state index contributed by atoms with van der Waals surface area (Å²) < 4.78 is 21.9. The standard InChI is InChI=1S/C24H33N3O3S2/c1-16-23(31-24(25-16)26-22(28)14-17-8-6-7-9-17)18-12-13-20(30-2)21(15-18)32(29)27-19-10-4-3-5-11-19/h12-13,15,17,19,27H,3-11,14H2,1-2H3,(H,25,26,28). The summed E-state index contributed by atoms with van der Waals surface area (Å²) in [6, 6.07) is 6.03. The topological polar surface area (TPSA) is 80.3 Å². The third-order valence-electron chi connectivity index (χ3n) is 6.50. The zero-order chi connectivity index (χ0) is 22.5. The van der Waals surface area contributed by atoms with Crippen LogP contribution >= 0.6 is 11.3 Å². The van der Waals surface area contributed by atoms with Crippen LogP contribution in [0.4, 0.5) is 5.13 Å². The minimum atomic E-state index is -1.35. The van der Waals surface area contributed by atoms with Crippen LogP contribution in [0.5, 0.6) is 5.75 Å². The molecule has 0 radical (unpaired) electrons. The Morgan fingerprint density at radius 1 is 1.16 bits per heavy atom. The number of anilines is 1. The predicted molar refractivity (Wildman–Crippen MR) is 130 cm³/mol. The lowest BCUT2D eigenvalue weighted by Crippen LogP contribution is -2.32. The molecule has 0 aliphatic heterocycles. The third kappa shape index (κ3) is 5.77. The molecule has 1 amide bonds. The summed E-state index contributed by atoms with van der Waals surface area (Å²) in [5.41, 5.74) is 1.79. The van der Waals surface area contributed by atoms with Crippen LogP contribution in [0.15, 0.2) is 23.1 Å². The number of hydrogen-bond donors (Lipinski definition) is 2. The van der Waals surface area contributed by atoms with E-state index < -0.39 is 11.0 Å². The quantitative estimate of drug-likeness (QED) is 0.521. The van der Waals surface area contributed by atoms with Crippen molar-refractivity contribution in [1.29, 1.82) is 0 Å². The molecule has 0 saturated heterocycles. The first-order chi connectivity index (χ1) is 15.5. The van der Waals surface area contributed by atoms with Gasteiger partial charge in [-0.25, -0.2) is 13.9 Å². The minimum Gasteiger partial charge on any atom is -0.495 e. The first kappa shape index (κ1) is 23.4. The number of ether oxygens (including phenoxy) is 1. The Balaban J connectivity index is 1.49. The molecule has 8 heteroatoms. The van der Waals surface area contributed by atoms with E-state index in [1.54, 1.807) is 7.11 Å². The van der Waals surface area contributed by atoms with Gasteiger partial charge in [0.15, 0.2) is 5.13 Å². The second kappa shape index (κ2) is 10.9. The van der Waals surface area contributed by atoms with Crippen LogP contribution in [0, 0.1) is 12.8 Å². The number of amides is 1. The molecule has 6 nitrogen and oxygen atoms in total. The van der Waals surface area contributed by atoms with Gasteiger partial charge in [0, 0.05) is 12.5 Å². The van der Waals surface area contributed by atoms with Gasteiger partial charge in [0.05, 0.1) is 22.6 Å². The Morgan fingerprint density at radius 3 is 2.59 bits per heavy atom. The summed E-state index contributed by atoms with van der Waals surface area (Å²) in [4.78, 5) is 18.6. The van der Waals surface area contributed by atoms with Gasteiger partial charge >= 0.3 is 0 Å². The first-order valence-electron chi connectivity index (χ1n) is 11.7. The van der Waals surface area contributed by atoms with Gasteiger partial charge in [0.25, 0.3) is 0 Å². The molecule has 1 aromatic heterocycles. The summed E-state index contributed by atoms with van der Waals surface area (Å²) in [5, 5.41) is 3.61. The van der Waals surface area contributed by atoms with Crippen molar-refractivity contribution < 1.29 is 13.7 Å².